The van der Waals surface area contributed by atoms with Gasteiger partial charge in [0.15, 0.2) is 0 Å². The van der Waals surface area contributed by atoms with E-state index >= 15 is 0 Å². The molecule has 1 aliphatic rings. The second-order valence-electron chi connectivity index (χ2n) is 5.58. The molecule has 3 rings (SSSR count). The first-order chi connectivity index (χ1) is 8.72. The van der Waals surface area contributed by atoms with Crippen molar-refractivity contribution in [1.29, 1.82) is 0 Å². The Morgan fingerprint density at radius 3 is 2.67 bits per heavy atom. The second-order valence-corrected chi connectivity index (χ2v) is 5.58. The van der Waals surface area contributed by atoms with E-state index in [0.29, 0.717) is 12.0 Å². The third-order valence-electron chi connectivity index (χ3n) is 4.09. The number of fused-ring (bicyclic) bond motifs is 1. The van der Waals surface area contributed by atoms with Crippen LogP contribution in [0.15, 0.2) is 30.5 Å². The molecule has 0 spiro atoms. The van der Waals surface area contributed by atoms with Crippen molar-refractivity contribution >= 4 is 10.9 Å². The summed E-state index contributed by atoms with van der Waals surface area (Å²) < 4.78 is 0. The first kappa shape index (κ1) is 11.7. The van der Waals surface area contributed by atoms with Gasteiger partial charge >= 0.3 is 0 Å². The van der Waals surface area contributed by atoms with Crippen molar-refractivity contribution in [3.8, 4) is 0 Å². The number of nitrogens with two attached hydrogens (primary N) is 1. The van der Waals surface area contributed by atoms with Crippen molar-refractivity contribution in [1.82, 2.24) is 4.98 Å². The molecule has 2 heteroatoms. The molecule has 0 bridgehead atoms. The maximum atomic E-state index is 5.98. The van der Waals surface area contributed by atoms with Gasteiger partial charge in [0, 0.05) is 17.6 Å². The predicted octanol–water partition coefficient (Wildman–Crippen LogP) is 3.53. The van der Waals surface area contributed by atoms with Crippen molar-refractivity contribution in [2.45, 2.75) is 44.6 Å². The lowest BCUT2D eigenvalue weighted by atomic mass is 9.82. The van der Waals surface area contributed by atoms with E-state index in [1.54, 1.807) is 0 Å². The van der Waals surface area contributed by atoms with Crippen LogP contribution >= 0.6 is 0 Å². The fourth-order valence-electron chi connectivity index (χ4n) is 2.97. The Kier molecular flexibility index (Phi) is 3.04. The summed E-state index contributed by atoms with van der Waals surface area (Å²) in [7, 11) is 0. The molecule has 0 radical (unpaired) electrons. The molecule has 18 heavy (non-hydrogen) atoms. The Morgan fingerprint density at radius 2 is 1.89 bits per heavy atom. The van der Waals surface area contributed by atoms with Crippen LogP contribution in [0, 0.1) is 6.92 Å². The molecule has 0 atom stereocenters. The highest BCUT2D eigenvalue weighted by molar-refractivity contribution is 5.79. The molecule has 1 fully saturated rings. The van der Waals surface area contributed by atoms with Crippen LogP contribution in [0.5, 0.6) is 0 Å². The molecular formula is C16H20N2. The molecule has 2 N–H and O–H groups in total. The molecule has 0 unspecified atom stereocenters. The Bertz CT molecular complexity index is 554. The SMILES string of the molecule is Cc1cnc2ccc(C3CCC(N)CC3)cc2c1. The van der Waals surface area contributed by atoms with Crippen molar-refractivity contribution in [2.75, 3.05) is 0 Å². The average molecular weight is 240 g/mol. The molecule has 1 saturated carbocycles. The maximum Gasteiger partial charge on any atom is 0.0702 e. The highest BCUT2D eigenvalue weighted by atomic mass is 14.6. The number of nitrogens with zero attached hydrogens (tertiary/aromatic N) is 1. The number of aromatic nitrogens is 1. The lowest BCUT2D eigenvalue weighted by Gasteiger charge is -2.26. The van der Waals surface area contributed by atoms with Crippen molar-refractivity contribution < 1.29 is 0 Å². The van der Waals surface area contributed by atoms with Gasteiger partial charge in [-0.2, -0.15) is 0 Å². The predicted molar refractivity (Wildman–Crippen MR) is 75.7 cm³/mol. The van der Waals surface area contributed by atoms with Crippen molar-refractivity contribution in [2.24, 2.45) is 5.73 Å². The van der Waals surface area contributed by atoms with Gasteiger partial charge in [-0.25, -0.2) is 0 Å². The van der Waals surface area contributed by atoms with E-state index in [-0.39, 0.29) is 0 Å². The monoisotopic (exact) mass is 240 g/mol. The molecule has 2 aromatic rings. The summed E-state index contributed by atoms with van der Waals surface area (Å²) in [6.07, 6.45) is 6.71. The molecule has 0 aliphatic heterocycles. The van der Waals surface area contributed by atoms with Crippen LogP contribution in [-0.4, -0.2) is 11.0 Å². The van der Waals surface area contributed by atoms with E-state index in [4.69, 9.17) is 5.73 Å². The molecule has 1 aromatic carbocycles. The van der Waals surface area contributed by atoms with E-state index in [0.717, 1.165) is 18.4 Å². The topological polar surface area (TPSA) is 38.9 Å². The second kappa shape index (κ2) is 4.69. The van der Waals surface area contributed by atoms with Crippen LogP contribution in [0.2, 0.25) is 0 Å². The Morgan fingerprint density at radius 1 is 1.11 bits per heavy atom. The first-order valence-electron chi connectivity index (χ1n) is 6.84. The highest BCUT2D eigenvalue weighted by Crippen LogP contribution is 2.33. The Labute approximate surface area is 108 Å². The summed E-state index contributed by atoms with van der Waals surface area (Å²) >= 11 is 0. The van der Waals surface area contributed by atoms with Gasteiger partial charge in [-0.1, -0.05) is 6.07 Å². The van der Waals surface area contributed by atoms with Gasteiger partial charge in [-0.3, -0.25) is 4.98 Å². The van der Waals surface area contributed by atoms with Crippen LogP contribution in [0.4, 0.5) is 0 Å². The molecule has 0 saturated heterocycles. The Balaban J connectivity index is 1.92. The number of aryl methyl sites for hydroxylation is 1. The zero-order chi connectivity index (χ0) is 12.5. The summed E-state index contributed by atoms with van der Waals surface area (Å²) in [6.45, 7) is 2.10. The van der Waals surface area contributed by atoms with Gasteiger partial charge in [-0.15, -0.1) is 0 Å². The molecule has 1 heterocycles. The highest BCUT2D eigenvalue weighted by Gasteiger charge is 2.20. The molecule has 1 aliphatic carbocycles. The fourth-order valence-corrected chi connectivity index (χ4v) is 2.97. The maximum absolute atomic E-state index is 5.98. The zero-order valence-electron chi connectivity index (χ0n) is 10.9. The normalized spacial score (nSPS) is 24.3. The number of rotatable bonds is 1. The minimum Gasteiger partial charge on any atom is -0.328 e. The van der Waals surface area contributed by atoms with Gasteiger partial charge in [0.2, 0.25) is 0 Å². The van der Waals surface area contributed by atoms with Gasteiger partial charge in [0.1, 0.15) is 0 Å². The third-order valence-corrected chi connectivity index (χ3v) is 4.09. The number of pyridine rings is 1. The van der Waals surface area contributed by atoms with Gasteiger partial charge in [0.05, 0.1) is 5.52 Å². The Hall–Kier alpha value is -1.41. The van der Waals surface area contributed by atoms with Gasteiger partial charge in [0.25, 0.3) is 0 Å². The summed E-state index contributed by atoms with van der Waals surface area (Å²) in [5, 5.41) is 1.27. The number of hydrogen-bond acceptors (Lipinski definition) is 2. The lowest BCUT2D eigenvalue weighted by molar-refractivity contribution is 0.396. The van der Waals surface area contributed by atoms with Crippen LogP contribution in [-0.2, 0) is 0 Å². The quantitative estimate of drug-likeness (QED) is 0.828. The van der Waals surface area contributed by atoms with E-state index in [2.05, 4.69) is 36.2 Å². The summed E-state index contributed by atoms with van der Waals surface area (Å²) in [5.41, 5.74) is 9.76. The number of hydrogen-bond donors (Lipinski definition) is 1. The van der Waals surface area contributed by atoms with Crippen molar-refractivity contribution in [3.05, 3.63) is 41.6 Å². The van der Waals surface area contributed by atoms with Crippen LogP contribution in [0.3, 0.4) is 0 Å². The smallest absolute Gasteiger partial charge is 0.0702 e. The summed E-state index contributed by atoms with van der Waals surface area (Å²) in [5.74, 6) is 0.690. The van der Waals surface area contributed by atoms with E-state index in [1.807, 2.05) is 6.20 Å². The van der Waals surface area contributed by atoms with Gasteiger partial charge in [-0.05, 0) is 67.9 Å². The average Bonchev–Trinajstić information content (AvgIpc) is 2.38. The van der Waals surface area contributed by atoms with Crippen LogP contribution < -0.4 is 5.73 Å². The third kappa shape index (κ3) is 2.25. The summed E-state index contributed by atoms with van der Waals surface area (Å²) in [4.78, 5) is 4.46. The van der Waals surface area contributed by atoms with Gasteiger partial charge < -0.3 is 5.73 Å². The van der Waals surface area contributed by atoms with Crippen molar-refractivity contribution in [3.63, 3.8) is 0 Å². The fraction of sp³-hybridized carbons (Fsp3) is 0.438. The minimum atomic E-state index is 0.422. The molecule has 2 nitrogen and oxygen atoms in total. The molecule has 0 amide bonds. The minimum absolute atomic E-state index is 0.422. The molecule has 1 aromatic heterocycles. The molecular weight excluding hydrogens is 220 g/mol. The van der Waals surface area contributed by atoms with E-state index in [1.165, 1.54) is 29.4 Å². The first-order valence-corrected chi connectivity index (χ1v) is 6.84. The van der Waals surface area contributed by atoms with E-state index in [9.17, 15) is 0 Å². The molecule has 94 valence electrons. The largest absolute Gasteiger partial charge is 0.328 e. The number of benzene rings is 1. The van der Waals surface area contributed by atoms with Crippen LogP contribution in [0.1, 0.15) is 42.7 Å². The zero-order valence-corrected chi connectivity index (χ0v) is 10.9. The lowest BCUT2D eigenvalue weighted by Crippen LogP contribution is -2.25. The summed E-state index contributed by atoms with van der Waals surface area (Å²) in [6, 6.07) is 9.35. The standard InChI is InChI=1S/C16H20N2/c1-11-8-14-9-13(4-7-16(14)18-10-11)12-2-5-15(17)6-3-12/h4,7-10,12,15H,2-3,5-6,17H2,1H3. The van der Waals surface area contributed by atoms with E-state index < -0.39 is 0 Å². The van der Waals surface area contributed by atoms with Crippen LogP contribution in [0.25, 0.3) is 10.9 Å².